The fourth-order valence-corrected chi connectivity index (χ4v) is 2.56. The highest BCUT2D eigenvalue weighted by atomic mass is 32.1. The Morgan fingerprint density at radius 3 is 2.59 bits per heavy atom. The molecular weight excluding hydrogens is 228 g/mol. The van der Waals surface area contributed by atoms with Crippen molar-refractivity contribution < 1.29 is 0 Å². The largest absolute Gasteiger partial charge is 0.310 e. The normalized spacial score (nSPS) is 12.4. The molecule has 17 heavy (non-hydrogen) atoms. The number of aromatic nitrogens is 1. The zero-order valence-electron chi connectivity index (χ0n) is 11.8. The molecule has 1 aromatic heterocycles. The topological polar surface area (TPSA) is 24.9 Å². The molecule has 1 N–H and O–H groups in total. The Bertz CT molecular complexity index is 323. The van der Waals surface area contributed by atoms with E-state index < -0.39 is 0 Å². The van der Waals surface area contributed by atoms with E-state index in [1.165, 1.54) is 23.5 Å². The summed E-state index contributed by atoms with van der Waals surface area (Å²) in [7, 11) is 0. The van der Waals surface area contributed by atoms with Crippen LogP contribution in [0.3, 0.4) is 0 Å². The van der Waals surface area contributed by atoms with Gasteiger partial charge in [0.25, 0.3) is 0 Å². The van der Waals surface area contributed by atoms with E-state index in [0.717, 1.165) is 19.0 Å². The lowest BCUT2D eigenvalue weighted by Gasteiger charge is -2.14. The SMILES string of the molecule is CC(C)CCCNCc1nc(C(C)(C)C)cs1. The molecule has 0 unspecified atom stereocenters. The van der Waals surface area contributed by atoms with Crippen molar-refractivity contribution in [3.63, 3.8) is 0 Å². The first-order chi connectivity index (χ1) is 7.89. The summed E-state index contributed by atoms with van der Waals surface area (Å²) in [6.45, 7) is 13.2. The van der Waals surface area contributed by atoms with Gasteiger partial charge in [0.1, 0.15) is 5.01 Å². The average molecular weight is 254 g/mol. The van der Waals surface area contributed by atoms with Crippen LogP contribution in [0.4, 0.5) is 0 Å². The van der Waals surface area contributed by atoms with E-state index in [0.29, 0.717) is 0 Å². The van der Waals surface area contributed by atoms with Crippen LogP contribution in [0.2, 0.25) is 0 Å². The summed E-state index contributed by atoms with van der Waals surface area (Å²) in [5, 5.41) is 6.86. The molecule has 3 heteroatoms. The van der Waals surface area contributed by atoms with Gasteiger partial charge in [-0.2, -0.15) is 0 Å². The smallest absolute Gasteiger partial charge is 0.107 e. The van der Waals surface area contributed by atoms with Crippen molar-refractivity contribution >= 4 is 11.3 Å². The molecular formula is C14H26N2S. The third-order valence-corrected chi connectivity index (χ3v) is 3.58. The highest BCUT2D eigenvalue weighted by molar-refractivity contribution is 7.09. The van der Waals surface area contributed by atoms with Gasteiger partial charge >= 0.3 is 0 Å². The monoisotopic (exact) mass is 254 g/mol. The predicted molar refractivity (Wildman–Crippen MR) is 76.6 cm³/mol. The first-order valence-corrected chi connectivity index (χ1v) is 7.43. The fraction of sp³-hybridized carbons (Fsp3) is 0.786. The number of hydrogen-bond acceptors (Lipinski definition) is 3. The van der Waals surface area contributed by atoms with Crippen LogP contribution in [-0.2, 0) is 12.0 Å². The minimum Gasteiger partial charge on any atom is -0.310 e. The third-order valence-electron chi connectivity index (χ3n) is 2.73. The maximum atomic E-state index is 4.67. The molecule has 1 rings (SSSR count). The quantitative estimate of drug-likeness (QED) is 0.777. The van der Waals surface area contributed by atoms with Gasteiger partial charge in [0.15, 0.2) is 0 Å². The van der Waals surface area contributed by atoms with E-state index in [4.69, 9.17) is 0 Å². The molecule has 1 heterocycles. The summed E-state index contributed by atoms with van der Waals surface area (Å²) in [4.78, 5) is 4.67. The van der Waals surface area contributed by atoms with Crippen LogP contribution in [0, 0.1) is 5.92 Å². The number of nitrogens with one attached hydrogen (secondary N) is 1. The Labute approximate surface area is 110 Å². The molecule has 98 valence electrons. The first kappa shape index (κ1) is 14.7. The summed E-state index contributed by atoms with van der Waals surface area (Å²) >= 11 is 1.77. The van der Waals surface area contributed by atoms with Gasteiger partial charge in [-0.15, -0.1) is 11.3 Å². The Balaban J connectivity index is 2.26. The van der Waals surface area contributed by atoms with Gasteiger partial charge in [-0.05, 0) is 25.3 Å². The van der Waals surface area contributed by atoms with Crippen LogP contribution in [0.15, 0.2) is 5.38 Å². The summed E-state index contributed by atoms with van der Waals surface area (Å²) in [6.07, 6.45) is 2.56. The molecule has 0 radical (unpaired) electrons. The second kappa shape index (κ2) is 6.50. The molecule has 0 amide bonds. The van der Waals surface area contributed by atoms with Crippen molar-refractivity contribution in [1.29, 1.82) is 0 Å². The minimum absolute atomic E-state index is 0.173. The van der Waals surface area contributed by atoms with Crippen molar-refractivity contribution in [3.05, 3.63) is 16.1 Å². The molecule has 0 aliphatic rings. The van der Waals surface area contributed by atoms with Crippen molar-refractivity contribution in [3.8, 4) is 0 Å². The van der Waals surface area contributed by atoms with Crippen LogP contribution >= 0.6 is 11.3 Å². The molecule has 0 spiro atoms. The van der Waals surface area contributed by atoms with E-state index >= 15 is 0 Å². The first-order valence-electron chi connectivity index (χ1n) is 6.55. The third kappa shape index (κ3) is 5.64. The van der Waals surface area contributed by atoms with Crippen molar-refractivity contribution in [1.82, 2.24) is 10.3 Å². The highest BCUT2D eigenvalue weighted by Crippen LogP contribution is 2.23. The molecule has 0 aliphatic carbocycles. The molecule has 0 saturated heterocycles. The van der Waals surface area contributed by atoms with Gasteiger partial charge in [0.2, 0.25) is 0 Å². The lowest BCUT2D eigenvalue weighted by molar-refractivity contribution is 0.525. The van der Waals surface area contributed by atoms with Gasteiger partial charge < -0.3 is 5.32 Å². The Hall–Kier alpha value is -0.410. The molecule has 0 aromatic carbocycles. The second-order valence-corrected chi connectivity index (χ2v) is 7.03. The van der Waals surface area contributed by atoms with E-state index in [9.17, 15) is 0 Å². The van der Waals surface area contributed by atoms with Crippen molar-refractivity contribution in [2.75, 3.05) is 6.54 Å². The Morgan fingerprint density at radius 2 is 2.06 bits per heavy atom. The maximum absolute atomic E-state index is 4.67. The molecule has 0 aliphatic heterocycles. The standard InChI is InChI=1S/C14H26N2S/c1-11(2)7-6-8-15-9-13-16-12(10-17-13)14(3,4)5/h10-11,15H,6-9H2,1-5H3. The Morgan fingerprint density at radius 1 is 1.35 bits per heavy atom. The highest BCUT2D eigenvalue weighted by Gasteiger charge is 2.16. The van der Waals surface area contributed by atoms with Gasteiger partial charge in [0.05, 0.1) is 5.69 Å². The van der Waals surface area contributed by atoms with E-state index in [1.54, 1.807) is 11.3 Å². The van der Waals surface area contributed by atoms with Crippen LogP contribution < -0.4 is 5.32 Å². The van der Waals surface area contributed by atoms with Crippen LogP contribution in [0.25, 0.3) is 0 Å². The number of hydrogen-bond donors (Lipinski definition) is 1. The molecule has 0 atom stereocenters. The van der Waals surface area contributed by atoms with E-state index in [2.05, 4.69) is 50.3 Å². The zero-order valence-corrected chi connectivity index (χ0v) is 12.7. The zero-order chi connectivity index (χ0) is 12.9. The average Bonchev–Trinajstić information content (AvgIpc) is 2.64. The Kier molecular flexibility index (Phi) is 5.60. The van der Waals surface area contributed by atoms with Gasteiger partial charge in [0, 0.05) is 17.3 Å². The second-order valence-electron chi connectivity index (χ2n) is 6.09. The minimum atomic E-state index is 0.173. The molecule has 0 saturated carbocycles. The molecule has 2 nitrogen and oxygen atoms in total. The van der Waals surface area contributed by atoms with Crippen LogP contribution in [0.1, 0.15) is 58.2 Å². The number of thiazole rings is 1. The van der Waals surface area contributed by atoms with Crippen LogP contribution in [0.5, 0.6) is 0 Å². The summed E-state index contributed by atoms with van der Waals surface area (Å²) in [5.74, 6) is 0.809. The van der Waals surface area contributed by atoms with Gasteiger partial charge in [-0.25, -0.2) is 4.98 Å². The maximum Gasteiger partial charge on any atom is 0.107 e. The summed E-state index contributed by atoms with van der Waals surface area (Å²) < 4.78 is 0. The van der Waals surface area contributed by atoms with Crippen molar-refractivity contribution in [2.24, 2.45) is 5.92 Å². The summed E-state index contributed by atoms with van der Waals surface area (Å²) in [5.41, 5.74) is 1.38. The lowest BCUT2D eigenvalue weighted by atomic mass is 9.93. The lowest BCUT2D eigenvalue weighted by Crippen LogP contribution is -2.16. The molecule has 0 bridgehead atoms. The number of rotatable bonds is 6. The van der Waals surface area contributed by atoms with Crippen molar-refractivity contribution in [2.45, 2.75) is 59.4 Å². The molecule has 0 fully saturated rings. The van der Waals surface area contributed by atoms with Gasteiger partial charge in [-0.1, -0.05) is 34.6 Å². The summed E-state index contributed by atoms with van der Waals surface area (Å²) in [6, 6.07) is 0. The predicted octanol–water partition coefficient (Wildman–Crippen LogP) is 3.97. The fourth-order valence-electron chi connectivity index (χ4n) is 1.57. The van der Waals surface area contributed by atoms with Crippen LogP contribution in [-0.4, -0.2) is 11.5 Å². The molecule has 1 aromatic rings. The van der Waals surface area contributed by atoms with Gasteiger partial charge in [-0.3, -0.25) is 0 Å². The van der Waals surface area contributed by atoms with E-state index in [1.807, 2.05) is 0 Å². The number of nitrogens with zero attached hydrogens (tertiary/aromatic N) is 1. The van der Waals surface area contributed by atoms with E-state index in [-0.39, 0.29) is 5.41 Å².